The van der Waals surface area contributed by atoms with E-state index in [0.717, 1.165) is 10.1 Å². The first-order valence-electron chi connectivity index (χ1n) is 6.19. The molecule has 5 nitrogen and oxygen atoms in total. The van der Waals surface area contributed by atoms with Gasteiger partial charge in [0.25, 0.3) is 5.56 Å². The molecule has 1 aromatic heterocycles. The zero-order chi connectivity index (χ0) is 14.7. The highest BCUT2D eigenvalue weighted by molar-refractivity contribution is 6.30. The molecule has 1 N–H and O–H groups in total. The van der Waals surface area contributed by atoms with Crippen LogP contribution in [0.5, 0.6) is 0 Å². The second kappa shape index (κ2) is 6.07. The number of aryl methyl sites for hydroxylation is 1. The average Bonchev–Trinajstić information content (AvgIpc) is 2.42. The summed E-state index contributed by atoms with van der Waals surface area (Å²) in [5.74, 6) is 0. The Morgan fingerprint density at radius 2 is 1.95 bits per heavy atom. The quantitative estimate of drug-likeness (QED) is 0.916. The van der Waals surface area contributed by atoms with E-state index in [4.69, 9.17) is 11.6 Å². The van der Waals surface area contributed by atoms with Crippen molar-refractivity contribution in [1.29, 1.82) is 0 Å². The minimum absolute atomic E-state index is 0.272. The number of nitrogens with zero attached hydrogens (tertiary/aromatic N) is 2. The van der Waals surface area contributed by atoms with E-state index in [9.17, 15) is 9.59 Å². The molecule has 0 atom stereocenters. The van der Waals surface area contributed by atoms with Crippen LogP contribution in [-0.4, -0.2) is 9.13 Å². The van der Waals surface area contributed by atoms with Gasteiger partial charge in [0.1, 0.15) is 0 Å². The first kappa shape index (κ1) is 14.6. The van der Waals surface area contributed by atoms with Crippen molar-refractivity contribution in [2.24, 2.45) is 14.1 Å². The predicted molar refractivity (Wildman–Crippen MR) is 78.9 cm³/mol. The zero-order valence-corrected chi connectivity index (χ0v) is 12.1. The lowest BCUT2D eigenvalue weighted by molar-refractivity contribution is 0.630. The summed E-state index contributed by atoms with van der Waals surface area (Å²) in [6.07, 6.45) is 1.57. The Balaban J connectivity index is 2.09. The Morgan fingerprint density at radius 3 is 2.65 bits per heavy atom. The van der Waals surface area contributed by atoms with Gasteiger partial charge in [0, 0.05) is 44.0 Å². The van der Waals surface area contributed by atoms with Gasteiger partial charge in [-0.1, -0.05) is 23.7 Å². The van der Waals surface area contributed by atoms with Gasteiger partial charge in [-0.15, -0.1) is 0 Å². The van der Waals surface area contributed by atoms with Gasteiger partial charge in [0.05, 0.1) is 0 Å². The normalized spacial score (nSPS) is 10.8. The number of rotatable bonds is 4. The van der Waals surface area contributed by atoms with Crippen LogP contribution in [0.15, 0.2) is 40.1 Å². The topological polar surface area (TPSA) is 56.0 Å². The fraction of sp³-hybridized carbons (Fsp3) is 0.286. The molecular formula is C14H16ClN3O2. The summed E-state index contributed by atoms with van der Waals surface area (Å²) >= 11 is 5.91. The fourth-order valence-electron chi connectivity index (χ4n) is 1.99. The molecule has 2 rings (SSSR count). The molecule has 0 aliphatic heterocycles. The van der Waals surface area contributed by atoms with Crippen LogP contribution in [0.4, 0.5) is 0 Å². The molecule has 0 bridgehead atoms. The fourth-order valence-corrected chi connectivity index (χ4v) is 2.21. The van der Waals surface area contributed by atoms with Crippen molar-refractivity contribution in [3.05, 3.63) is 67.4 Å². The number of benzene rings is 1. The van der Waals surface area contributed by atoms with Crippen LogP contribution < -0.4 is 16.6 Å². The molecule has 0 saturated heterocycles. The number of aromatic nitrogens is 2. The van der Waals surface area contributed by atoms with E-state index in [1.807, 2.05) is 24.3 Å². The number of halogens is 1. The van der Waals surface area contributed by atoms with Gasteiger partial charge in [-0.05, 0) is 17.7 Å². The van der Waals surface area contributed by atoms with Crippen molar-refractivity contribution < 1.29 is 0 Å². The third-order valence-electron chi connectivity index (χ3n) is 3.05. The Labute approximate surface area is 121 Å². The highest BCUT2D eigenvalue weighted by Crippen LogP contribution is 2.10. The molecule has 0 fully saturated rings. The second-order valence-corrected chi connectivity index (χ2v) is 5.08. The van der Waals surface area contributed by atoms with E-state index < -0.39 is 0 Å². The molecule has 0 aliphatic carbocycles. The first-order chi connectivity index (χ1) is 9.49. The Kier molecular flexibility index (Phi) is 4.42. The molecule has 0 saturated carbocycles. The van der Waals surface area contributed by atoms with Gasteiger partial charge in [0.2, 0.25) is 0 Å². The lowest BCUT2D eigenvalue weighted by atomic mass is 10.2. The second-order valence-electron chi connectivity index (χ2n) is 4.65. The summed E-state index contributed by atoms with van der Waals surface area (Å²) in [6.45, 7) is 1.000. The standard InChI is InChI=1S/C14H16ClN3O2/c1-17-9-11(13(19)18(2)14(17)20)8-16-7-10-4-3-5-12(15)6-10/h3-6,9,16H,7-8H2,1-2H3. The van der Waals surface area contributed by atoms with E-state index in [-0.39, 0.29) is 11.2 Å². The molecule has 2 aromatic rings. The lowest BCUT2D eigenvalue weighted by Gasteiger charge is -2.08. The van der Waals surface area contributed by atoms with Crippen LogP contribution in [0.2, 0.25) is 5.02 Å². The van der Waals surface area contributed by atoms with Gasteiger partial charge >= 0.3 is 5.69 Å². The van der Waals surface area contributed by atoms with E-state index in [0.29, 0.717) is 23.7 Å². The monoisotopic (exact) mass is 293 g/mol. The molecule has 106 valence electrons. The van der Waals surface area contributed by atoms with Crippen molar-refractivity contribution in [2.45, 2.75) is 13.1 Å². The maximum atomic E-state index is 11.9. The molecule has 0 aliphatic rings. The zero-order valence-electron chi connectivity index (χ0n) is 11.4. The lowest BCUT2D eigenvalue weighted by Crippen LogP contribution is -2.39. The summed E-state index contributed by atoms with van der Waals surface area (Å²) in [5, 5.41) is 3.86. The van der Waals surface area contributed by atoms with Crippen LogP contribution in [0.3, 0.4) is 0 Å². The van der Waals surface area contributed by atoms with Crippen molar-refractivity contribution >= 4 is 11.6 Å². The van der Waals surface area contributed by atoms with Crippen molar-refractivity contribution in [1.82, 2.24) is 14.5 Å². The van der Waals surface area contributed by atoms with Crippen LogP contribution in [0, 0.1) is 0 Å². The summed E-state index contributed by atoms with van der Waals surface area (Å²) < 4.78 is 2.51. The maximum Gasteiger partial charge on any atom is 0.330 e. The summed E-state index contributed by atoms with van der Waals surface area (Å²) in [5.41, 5.74) is 0.996. The Bertz CT molecular complexity index is 734. The number of hydrogen-bond acceptors (Lipinski definition) is 3. The van der Waals surface area contributed by atoms with Crippen LogP contribution in [0.25, 0.3) is 0 Å². The van der Waals surface area contributed by atoms with Gasteiger partial charge in [0.15, 0.2) is 0 Å². The molecule has 1 heterocycles. The molecule has 6 heteroatoms. The molecular weight excluding hydrogens is 278 g/mol. The van der Waals surface area contributed by atoms with E-state index in [2.05, 4.69) is 5.32 Å². The number of nitrogens with one attached hydrogen (secondary N) is 1. The predicted octanol–water partition coefficient (Wildman–Crippen LogP) is 1.03. The summed E-state index contributed by atoms with van der Waals surface area (Å²) in [4.78, 5) is 23.5. The average molecular weight is 294 g/mol. The van der Waals surface area contributed by atoms with E-state index in [1.165, 1.54) is 11.6 Å². The largest absolute Gasteiger partial charge is 0.330 e. The highest BCUT2D eigenvalue weighted by Gasteiger charge is 2.06. The molecule has 20 heavy (non-hydrogen) atoms. The molecule has 0 radical (unpaired) electrons. The van der Waals surface area contributed by atoms with Crippen LogP contribution in [-0.2, 0) is 27.2 Å². The molecule has 0 unspecified atom stereocenters. The minimum atomic E-state index is -0.325. The van der Waals surface area contributed by atoms with Crippen molar-refractivity contribution in [2.75, 3.05) is 0 Å². The third-order valence-corrected chi connectivity index (χ3v) is 3.29. The van der Waals surface area contributed by atoms with E-state index >= 15 is 0 Å². The van der Waals surface area contributed by atoms with Gasteiger partial charge in [-0.25, -0.2) is 4.79 Å². The van der Waals surface area contributed by atoms with Gasteiger partial charge in [-0.3, -0.25) is 9.36 Å². The summed E-state index contributed by atoms with van der Waals surface area (Å²) in [6, 6.07) is 7.52. The highest BCUT2D eigenvalue weighted by atomic mass is 35.5. The molecule has 1 aromatic carbocycles. The Morgan fingerprint density at radius 1 is 1.20 bits per heavy atom. The molecule has 0 amide bonds. The Hall–Kier alpha value is -1.85. The number of hydrogen-bond donors (Lipinski definition) is 1. The van der Waals surface area contributed by atoms with Crippen LogP contribution in [0.1, 0.15) is 11.1 Å². The summed E-state index contributed by atoms with van der Waals surface area (Å²) in [7, 11) is 3.10. The van der Waals surface area contributed by atoms with Gasteiger partial charge in [-0.2, -0.15) is 0 Å². The maximum absolute atomic E-state index is 11.9. The van der Waals surface area contributed by atoms with E-state index in [1.54, 1.807) is 13.2 Å². The molecule has 0 spiro atoms. The first-order valence-corrected chi connectivity index (χ1v) is 6.57. The smallest absolute Gasteiger partial charge is 0.308 e. The van der Waals surface area contributed by atoms with Gasteiger partial charge < -0.3 is 9.88 Å². The third kappa shape index (κ3) is 3.18. The van der Waals surface area contributed by atoms with Crippen molar-refractivity contribution in [3.63, 3.8) is 0 Å². The van der Waals surface area contributed by atoms with Crippen LogP contribution >= 0.6 is 11.6 Å². The minimum Gasteiger partial charge on any atom is -0.308 e. The van der Waals surface area contributed by atoms with Crippen molar-refractivity contribution in [3.8, 4) is 0 Å². The SMILES string of the molecule is Cn1cc(CNCc2cccc(Cl)c2)c(=O)n(C)c1=O.